The van der Waals surface area contributed by atoms with Crippen molar-refractivity contribution in [2.45, 2.75) is 64.7 Å². The molecule has 1 aliphatic rings. The molecule has 0 bridgehead atoms. The third kappa shape index (κ3) is 4.94. The summed E-state index contributed by atoms with van der Waals surface area (Å²) >= 11 is 0. The first-order valence-electron chi connectivity index (χ1n) is 7.06. The largest absolute Gasteiger partial charge is 0.385 e. The van der Waals surface area contributed by atoms with E-state index in [4.69, 9.17) is 9.47 Å². The lowest BCUT2D eigenvalue weighted by molar-refractivity contribution is 0.0152. The first kappa shape index (κ1) is 14.9. The molecule has 1 aliphatic heterocycles. The molecule has 0 aliphatic carbocycles. The van der Waals surface area contributed by atoms with E-state index < -0.39 is 0 Å². The van der Waals surface area contributed by atoms with Gasteiger partial charge in [-0.25, -0.2) is 0 Å². The Kier molecular flexibility index (Phi) is 7.09. The Morgan fingerprint density at radius 3 is 2.71 bits per heavy atom. The summed E-state index contributed by atoms with van der Waals surface area (Å²) in [6, 6.07) is 0.482. The van der Waals surface area contributed by atoms with E-state index in [0.717, 1.165) is 19.6 Å². The van der Waals surface area contributed by atoms with E-state index in [1.165, 1.54) is 19.3 Å². The average molecular weight is 243 g/mol. The topological polar surface area (TPSA) is 30.5 Å². The Labute approximate surface area is 106 Å². The Balaban J connectivity index is 2.46. The molecule has 4 atom stereocenters. The zero-order valence-electron chi connectivity index (χ0n) is 11.9. The predicted molar refractivity (Wildman–Crippen MR) is 71.3 cm³/mol. The van der Waals surface area contributed by atoms with Crippen molar-refractivity contribution in [1.29, 1.82) is 0 Å². The van der Waals surface area contributed by atoms with E-state index >= 15 is 0 Å². The van der Waals surface area contributed by atoms with Crippen LogP contribution in [0, 0.1) is 5.92 Å². The molecule has 4 unspecified atom stereocenters. The smallest absolute Gasteiger partial charge is 0.0735 e. The van der Waals surface area contributed by atoms with Gasteiger partial charge in [-0.15, -0.1) is 0 Å². The van der Waals surface area contributed by atoms with E-state index in [-0.39, 0.29) is 0 Å². The molecule has 0 aromatic rings. The van der Waals surface area contributed by atoms with E-state index in [9.17, 15) is 0 Å². The second-order valence-electron chi connectivity index (χ2n) is 5.30. The zero-order chi connectivity index (χ0) is 12.7. The van der Waals surface area contributed by atoms with Gasteiger partial charge in [0.2, 0.25) is 0 Å². The second-order valence-corrected chi connectivity index (χ2v) is 5.30. The van der Waals surface area contributed by atoms with Crippen molar-refractivity contribution >= 4 is 0 Å². The van der Waals surface area contributed by atoms with Crippen LogP contribution in [-0.2, 0) is 9.47 Å². The van der Waals surface area contributed by atoms with Crippen LogP contribution in [0.15, 0.2) is 0 Å². The maximum absolute atomic E-state index is 6.02. The van der Waals surface area contributed by atoms with Gasteiger partial charge >= 0.3 is 0 Å². The van der Waals surface area contributed by atoms with Gasteiger partial charge in [0.05, 0.1) is 12.2 Å². The second kappa shape index (κ2) is 8.06. The summed E-state index contributed by atoms with van der Waals surface area (Å²) in [6.45, 7) is 8.61. The van der Waals surface area contributed by atoms with Gasteiger partial charge in [0.25, 0.3) is 0 Å². The predicted octanol–water partition coefficient (Wildman–Crippen LogP) is 2.59. The SMILES string of the molecule is CCCNC(C(C)CCOC)C1CCC(C)O1. The number of rotatable bonds is 8. The molecule has 1 N–H and O–H groups in total. The van der Waals surface area contributed by atoms with Gasteiger partial charge in [0.15, 0.2) is 0 Å². The molecule has 0 spiro atoms. The maximum atomic E-state index is 6.02. The average Bonchev–Trinajstić information content (AvgIpc) is 2.73. The molecule has 0 aromatic carbocycles. The standard InChI is InChI=1S/C14H29NO2/c1-5-9-15-14(11(2)8-10-16-4)13-7-6-12(3)17-13/h11-15H,5-10H2,1-4H3. The van der Waals surface area contributed by atoms with Crippen LogP contribution in [0.5, 0.6) is 0 Å². The summed E-state index contributed by atoms with van der Waals surface area (Å²) in [5.41, 5.74) is 0. The van der Waals surface area contributed by atoms with Gasteiger partial charge in [0.1, 0.15) is 0 Å². The zero-order valence-corrected chi connectivity index (χ0v) is 11.9. The third-order valence-electron chi connectivity index (χ3n) is 3.69. The molecule has 1 heterocycles. The summed E-state index contributed by atoms with van der Waals surface area (Å²) in [6.07, 6.45) is 5.50. The molecule has 3 heteroatoms. The highest BCUT2D eigenvalue weighted by molar-refractivity contribution is 4.86. The maximum Gasteiger partial charge on any atom is 0.0735 e. The number of methoxy groups -OCH3 is 1. The van der Waals surface area contributed by atoms with Crippen LogP contribution < -0.4 is 5.32 Å². The Bertz CT molecular complexity index is 199. The van der Waals surface area contributed by atoms with Crippen LogP contribution >= 0.6 is 0 Å². The van der Waals surface area contributed by atoms with E-state index in [0.29, 0.717) is 24.2 Å². The third-order valence-corrected chi connectivity index (χ3v) is 3.69. The normalized spacial score (nSPS) is 28.2. The summed E-state index contributed by atoms with van der Waals surface area (Å²) in [5.74, 6) is 0.608. The first-order chi connectivity index (χ1) is 8.19. The summed E-state index contributed by atoms with van der Waals surface area (Å²) < 4.78 is 11.2. The molecule has 17 heavy (non-hydrogen) atoms. The highest BCUT2D eigenvalue weighted by Crippen LogP contribution is 2.26. The summed E-state index contributed by atoms with van der Waals surface area (Å²) in [4.78, 5) is 0. The van der Waals surface area contributed by atoms with Crippen molar-refractivity contribution in [3.8, 4) is 0 Å². The van der Waals surface area contributed by atoms with E-state index in [2.05, 4.69) is 26.1 Å². The minimum absolute atomic E-state index is 0.392. The van der Waals surface area contributed by atoms with Gasteiger partial charge in [-0.05, 0) is 45.1 Å². The molecular formula is C14H29NO2. The van der Waals surface area contributed by atoms with Gasteiger partial charge in [-0.1, -0.05) is 13.8 Å². The van der Waals surface area contributed by atoms with Gasteiger partial charge in [-0.3, -0.25) is 0 Å². The fourth-order valence-corrected chi connectivity index (χ4v) is 2.59. The van der Waals surface area contributed by atoms with Gasteiger partial charge in [-0.2, -0.15) is 0 Å². The van der Waals surface area contributed by atoms with Crippen LogP contribution in [-0.4, -0.2) is 38.5 Å². The van der Waals surface area contributed by atoms with Crippen molar-refractivity contribution in [2.75, 3.05) is 20.3 Å². The molecule has 3 nitrogen and oxygen atoms in total. The molecule has 1 saturated heterocycles. The van der Waals surface area contributed by atoms with E-state index in [1.54, 1.807) is 7.11 Å². The van der Waals surface area contributed by atoms with Crippen molar-refractivity contribution in [2.24, 2.45) is 5.92 Å². The monoisotopic (exact) mass is 243 g/mol. The van der Waals surface area contributed by atoms with Crippen molar-refractivity contribution < 1.29 is 9.47 Å². The number of hydrogen-bond donors (Lipinski definition) is 1. The van der Waals surface area contributed by atoms with E-state index in [1.807, 2.05) is 0 Å². The van der Waals surface area contributed by atoms with Crippen molar-refractivity contribution in [1.82, 2.24) is 5.32 Å². The fraction of sp³-hybridized carbons (Fsp3) is 1.00. The fourth-order valence-electron chi connectivity index (χ4n) is 2.59. The van der Waals surface area contributed by atoms with Crippen molar-refractivity contribution in [3.05, 3.63) is 0 Å². The van der Waals surface area contributed by atoms with Crippen LogP contribution in [0.1, 0.15) is 46.5 Å². The lowest BCUT2D eigenvalue weighted by atomic mass is 9.92. The van der Waals surface area contributed by atoms with Gasteiger partial charge < -0.3 is 14.8 Å². The molecule has 0 radical (unpaired) electrons. The molecular weight excluding hydrogens is 214 g/mol. The number of nitrogens with one attached hydrogen (secondary N) is 1. The molecule has 1 fully saturated rings. The lowest BCUT2D eigenvalue weighted by Crippen LogP contribution is -2.45. The highest BCUT2D eigenvalue weighted by Gasteiger charge is 2.32. The number of hydrogen-bond acceptors (Lipinski definition) is 3. The highest BCUT2D eigenvalue weighted by atomic mass is 16.5. The minimum atomic E-state index is 0.392. The molecule has 1 rings (SSSR count). The molecule has 0 aromatic heterocycles. The summed E-state index contributed by atoms with van der Waals surface area (Å²) in [5, 5.41) is 3.66. The Morgan fingerprint density at radius 2 is 2.18 bits per heavy atom. The van der Waals surface area contributed by atoms with Crippen LogP contribution in [0.3, 0.4) is 0 Å². The lowest BCUT2D eigenvalue weighted by Gasteiger charge is -2.30. The first-order valence-corrected chi connectivity index (χ1v) is 7.06. The molecule has 102 valence electrons. The van der Waals surface area contributed by atoms with Crippen LogP contribution in [0.25, 0.3) is 0 Å². The quantitative estimate of drug-likeness (QED) is 0.711. The Hall–Kier alpha value is -0.120. The minimum Gasteiger partial charge on any atom is -0.385 e. The molecule has 0 amide bonds. The number of ether oxygens (including phenoxy) is 2. The molecule has 0 saturated carbocycles. The van der Waals surface area contributed by atoms with Gasteiger partial charge in [0, 0.05) is 19.8 Å². The van der Waals surface area contributed by atoms with Crippen molar-refractivity contribution in [3.63, 3.8) is 0 Å². The Morgan fingerprint density at radius 1 is 1.41 bits per heavy atom. The van der Waals surface area contributed by atoms with Crippen LogP contribution in [0.2, 0.25) is 0 Å². The summed E-state index contributed by atoms with van der Waals surface area (Å²) in [7, 11) is 1.77. The van der Waals surface area contributed by atoms with Crippen LogP contribution in [0.4, 0.5) is 0 Å².